The summed E-state index contributed by atoms with van der Waals surface area (Å²) < 4.78 is 5.84. The van der Waals surface area contributed by atoms with Gasteiger partial charge in [0.15, 0.2) is 0 Å². The zero-order valence-corrected chi connectivity index (χ0v) is 13.2. The first kappa shape index (κ1) is 15.8. The Balaban J connectivity index is 1.80. The van der Waals surface area contributed by atoms with Gasteiger partial charge in [-0.05, 0) is 36.4 Å². The average Bonchev–Trinajstić information content (AvgIpc) is 2.97. The average molecular weight is 290 g/mol. The van der Waals surface area contributed by atoms with Gasteiger partial charge in [-0.25, -0.2) is 0 Å². The topological polar surface area (TPSA) is 50.4 Å². The van der Waals surface area contributed by atoms with Gasteiger partial charge >= 0.3 is 0 Å². The first-order valence-electron chi connectivity index (χ1n) is 7.72. The molecule has 0 spiro atoms. The lowest BCUT2D eigenvalue weighted by Gasteiger charge is -2.22. The van der Waals surface area contributed by atoms with Crippen LogP contribution in [0.5, 0.6) is 5.75 Å². The van der Waals surface area contributed by atoms with Gasteiger partial charge in [-0.3, -0.25) is 4.79 Å². The van der Waals surface area contributed by atoms with Crippen molar-refractivity contribution in [3.8, 4) is 5.75 Å². The highest BCUT2D eigenvalue weighted by molar-refractivity contribution is 5.81. The van der Waals surface area contributed by atoms with E-state index < -0.39 is 0 Å². The van der Waals surface area contributed by atoms with Crippen molar-refractivity contribution < 1.29 is 9.53 Å². The van der Waals surface area contributed by atoms with E-state index in [1.54, 1.807) is 0 Å². The number of hydrogen-bond acceptors (Lipinski definition) is 3. The van der Waals surface area contributed by atoms with Gasteiger partial charge in [-0.2, -0.15) is 0 Å². The molecule has 0 saturated carbocycles. The molecule has 0 aromatic heterocycles. The van der Waals surface area contributed by atoms with E-state index in [0.29, 0.717) is 13.2 Å². The van der Waals surface area contributed by atoms with Gasteiger partial charge < -0.3 is 15.4 Å². The Morgan fingerprint density at radius 2 is 2.14 bits per heavy atom. The molecule has 1 fully saturated rings. The molecule has 0 aliphatic carbocycles. The van der Waals surface area contributed by atoms with E-state index in [2.05, 4.69) is 37.5 Å². The summed E-state index contributed by atoms with van der Waals surface area (Å²) in [5.41, 5.74) is 1.24. The third-order valence-electron chi connectivity index (χ3n) is 3.73. The van der Waals surface area contributed by atoms with Crippen molar-refractivity contribution in [1.29, 1.82) is 0 Å². The number of ether oxygens (including phenoxy) is 1. The van der Waals surface area contributed by atoms with Crippen LogP contribution in [0.4, 0.5) is 0 Å². The molecular formula is C17H26N2O2. The molecule has 1 aliphatic heterocycles. The zero-order valence-electron chi connectivity index (χ0n) is 13.2. The number of hydrogen-bond donors (Lipinski definition) is 2. The number of benzene rings is 1. The second kappa shape index (κ2) is 6.94. The largest absolute Gasteiger partial charge is 0.491 e. The summed E-state index contributed by atoms with van der Waals surface area (Å²) in [5.74, 6) is 0.985. The molecule has 4 heteroatoms. The first-order valence-corrected chi connectivity index (χ1v) is 7.72. The van der Waals surface area contributed by atoms with Gasteiger partial charge in [0.2, 0.25) is 5.91 Å². The number of rotatable bonds is 5. The van der Waals surface area contributed by atoms with Crippen molar-refractivity contribution in [2.24, 2.45) is 0 Å². The first-order chi connectivity index (χ1) is 9.98. The van der Waals surface area contributed by atoms with Gasteiger partial charge in [0, 0.05) is 0 Å². The summed E-state index contributed by atoms with van der Waals surface area (Å²) in [5, 5.41) is 6.12. The molecule has 21 heavy (non-hydrogen) atoms. The molecule has 2 N–H and O–H groups in total. The molecule has 1 saturated heterocycles. The fourth-order valence-corrected chi connectivity index (χ4v) is 2.58. The molecule has 0 bridgehead atoms. The van der Waals surface area contributed by atoms with Crippen molar-refractivity contribution in [2.75, 3.05) is 19.7 Å². The van der Waals surface area contributed by atoms with Crippen LogP contribution in [0, 0.1) is 0 Å². The predicted molar refractivity (Wildman–Crippen MR) is 84.7 cm³/mol. The molecule has 1 aromatic carbocycles. The standard InChI is InChI=1S/C17H26N2O2/c1-17(2,3)13-7-4-5-9-15(13)21-12-11-19-16(20)14-8-6-10-18-14/h4-5,7,9,14,18H,6,8,10-12H2,1-3H3,(H,19,20). The Morgan fingerprint density at radius 1 is 1.38 bits per heavy atom. The zero-order chi connectivity index (χ0) is 15.3. The highest BCUT2D eigenvalue weighted by Crippen LogP contribution is 2.30. The van der Waals surface area contributed by atoms with Crippen LogP contribution in [0.3, 0.4) is 0 Å². The number of carbonyl (C=O) groups excluding carboxylic acids is 1. The molecule has 116 valence electrons. The highest BCUT2D eigenvalue weighted by atomic mass is 16.5. The van der Waals surface area contributed by atoms with E-state index in [-0.39, 0.29) is 17.4 Å². The summed E-state index contributed by atoms with van der Waals surface area (Å²) in [6.07, 6.45) is 2.01. The van der Waals surface area contributed by atoms with Crippen molar-refractivity contribution in [3.05, 3.63) is 29.8 Å². The summed E-state index contributed by atoms with van der Waals surface area (Å²) in [6, 6.07) is 8.07. The number of amides is 1. The molecule has 1 amide bonds. The van der Waals surface area contributed by atoms with Crippen LogP contribution >= 0.6 is 0 Å². The van der Waals surface area contributed by atoms with Gasteiger partial charge in [0.1, 0.15) is 12.4 Å². The van der Waals surface area contributed by atoms with E-state index in [9.17, 15) is 4.79 Å². The highest BCUT2D eigenvalue weighted by Gasteiger charge is 2.21. The fourth-order valence-electron chi connectivity index (χ4n) is 2.58. The molecule has 1 unspecified atom stereocenters. The van der Waals surface area contributed by atoms with Gasteiger partial charge in [0.05, 0.1) is 12.6 Å². The van der Waals surface area contributed by atoms with Crippen LogP contribution in [0.1, 0.15) is 39.2 Å². The SMILES string of the molecule is CC(C)(C)c1ccccc1OCCNC(=O)C1CCCN1. The molecule has 2 rings (SSSR count). The molecule has 1 aromatic rings. The van der Waals surface area contributed by atoms with Crippen molar-refractivity contribution in [3.63, 3.8) is 0 Å². The monoisotopic (exact) mass is 290 g/mol. The lowest BCUT2D eigenvalue weighted by molar-refractivity contribution is -0.122. The van der Waals surface area contributed by atoms with Crippen molar-refractivity contribution >= 4 is 5.91 Å². The Morgan fingerprint density at radius 3 is 2.81 bits per heavy atom. The molecule has 1 atom stereocenters. The number of nitrogens with one attached hydrogen (secondary N) is 2. The van der Waals surface area contributed by atoms with Crippen molar-refractivity contribution in [1.82, 2.24) is 10.6 Å². The molecule has 1 heterocycles. The van der Waals surface area contributed by atoms with Crippen LogP contribution in [0.2, 0.25) is 0 Å². The van der Waals surface area contributed by atoms with Crippen LogP contribution in [0.25, 0.3) is 0 Å². The van der Waals surface area contributed by atoms with Gasteiger partial charge in [0.25, 0.3) is 0 Å². The minimum absolute atomic E-state index is 0.0214. The maximum atomic E-state index is 11.9. The van der Waals surface area contributed by atoms with E-state index in [4.69, 9.17) is 4.74 Å². The van der Waals surface area contributed by atoms with Crippen molar-refractivity contribution in [2.45, 2.75) is 45.1 Å². The minimum Gasteiger partial charge on any atom is -0.491 e. The normalized spacial score (nSPS) is 18.5. The van der Waals surface area contributed by atoms with Gasteiger partial charge in [-0.1, -0.05) is 39.0 Å². The summed E-state index contributed by atoms with van der Waals surface area (Å²) in [7, 11) is 0. The van der Waals surface area contributed by atoms with Crippen LogP contribution in [-0.4, -0.2) is 31.6 Å². The molecule has 4 nitrogen and oxygen atoms in total. The van der Waals surface area contributed by atoms with E-state index in [0.717, 1.165) is 25.1 Å². The minimum atomic E-state index is -0.0214. The summed E-state index contributed by atoms with van der Waals surface area (Å²) in [4.78, 5) is 11.9. The van der Waals surface area contributed by atoms with E-state index >= 15 is 0 Å². The smallest absolute Gasteiger partial charge is 0.237 e. The lowest BCUT2D eigenvalue weighted by atomic mass is 9.86. The van der Waals surface area contributed by atoms with E-state index in [1.807, 2.05) is 18.2 Å². The second-order valence-corrected chi connectivity index (χ2v) is 6.53. The molecule has 1 aliphatic rings. The fraction of sp³-hybridized carbons (Fsp3) is 0.588. The summed E-state index contributed by atoms with van der Waals surface area (Å²) >= 11 is 0. The Labute approximate surface area is 127 Å². The quantitative estimate of drug-likeness (QED) is 0.818. The Bertz CT molecular complexity index is 474. The predicted octanol–water partition coefficient (Wildman–Crippen LogP) is 2.23. The number of carbonyl (C=O) groups is 1. The third-order valence-corrected chi connectivity index (χ3v) is 3.73. The number of para-hydroxylation sites is 1. The second-order valence-electron chi connectivity index (χ2n) is 6.53. The lowest BCUT2D eigenvalue weighted by Crippen LogP contribution is -2.41. The third kappa shape index (κ3) is 4.46. The maximum absolute atomic E-state index is 11.9. The maximum Gasteiger partial charge on any atom is 0.237 e. The van der Waals surface area contributed by atoms with Crippen LogP contribution in [-0.2, 0) is 10.2 Å². The molecule has 0 radical (unpaired) electrons. The summed E-state index contributed by atoms with van der Waals surface area (Å²) in [6.45, 7) is 8.47. The molecular weight excluding hydrogens is 264 g/mol. The Kier molecular flexibility index (Phi) is 5.23. The van der Waals surface area contributed by atoms with E-state index in [1.165, 1.54) is 5.56 Å². The van der Waals surface area contributed by atoms with Crippen LogP contribution < -0.4 is 15.4 Å². The van der Waals surface area contributed by atoms with Gasteiger partial charge in [-0.15, -0.1) is 0 Å². The van der Waals surface area contributed by atoms with Crippen LogP contribution in [0.15, 0.2) is 24.3 Å². The Hall–Kier alpha value is -1.55.